The Hall–Kier alpha value is -1.88. The van der Waals surface area contributed by atoms with Crippen LogP contribution in [0.25, 0.3) is 11.5 Å². The SMILES string of the molecule is CCC(C)(N)c1noc(-c2ccc(N(C)C)cc2)n1. The molecule has 1 aromatic carbocycles. The predicted molar refractivity (Wildman–Crippen MR) is 75.9 cm³/mol. The van der Waals surface area contributed by atoms with E-state index < -0.39 is 5.54 Å². The summed E-state index contributed by atoms with van der Waals surface area (Å²) in [6.07, 6.45) is 0.755. The Morgan fingerprint density at radius 2 is 1.89 bits per heavy atom. The van der Waals surface area contributed by atoms with E-state index >= 15 is 0 Å². The van der Waals surface area contributed by atoms with Gasteiger partial charge in [-0.25, -0.2) is 0 Å². The summed E-state index contributed by atoms with van der Waals surface area (Å²) < 4.78 is 5.28. The minimum Gasteiger partial charge on any atom is -0.378 e. The maximum Gasteiger partial charge on any atom is 0.257 e. The number of aromatic nitrogens is 2. The van der Waals surface area contributed by atoms with Crippen molar-refractivity contribution in [3.05, 3.63) is 30.1 Å². The average Bonchev–Trinajstić information content (AvgIpc) is 2.89. The largest absolute Gasteiger partial charge is 0.378 e. The Kier molecular flexibility index (Phi) is 3.57. The molecule has 0 amide bonds. The van der Waals surface area contributed by atoms with Crippen LogP contribution in [0.5, 0.6) is 0 Å². The first kappa shape index (κ1) is 13.5. The molecule has 0 saturated carbocycles. The standard InChI is InChI=1S/C14H20N4O/c1-5-14(2,15)13-16-12(19-17-13)10-6-8-11(9-7-10)18(3)4/h6-9H,5,15H2,1-4H3. The molecule has 2 N–H and O–H groups in total. The molecule has 0 aliphatic carbocycles. The molecule has 2 aromatic rings. The molecule has 0 saturated heterocycles. The second-order valence-corrected chi connectivity index (χ2v) is 5.14. The lowest BCUT2D eigenvalue weighted by Gasteiger charge is -2.16. The molecule has 0 aliphatic heterocycles. The number of nitrogens with two attached hydrogens (primary N) is 1. The summed E-state index contributed by atoms with van der Waals surface area (Å²) in [7, 11) is 4.00. The smallest absolute Gasteiger partial charge is 0.257 e. The van der Waals surface area contributed by atoms with Crippen LogP contribution in [0.2, 0.25) is 0 Å². The van der Waals surface area contributed by atoms with Crippen LogP contribution in [-0.2, 0) is 5.54 Å². The second kappa shape index (κ2) is 5.01. The van der Waals surface area contributed by atoms with E-state index in [9.17, 15) is 0 Å². The van der Waals surface area contributed by atoms with Gasteiger partial charge in [0.1, 0.15) is 0 Å². The van der Waals surface area contributed by atoms with Gasteiger partial charge in [0.05, 0.1) is 5.54 Å². The van der Waals surface area contributed by atoms with Gasteiger partial charge in [0.2, 0.25) is 0 Å². The van der Waals surface area contributed by atoms with Gasteiger partial charge < -0.3 is 15.2 Å². The molecule has 2 rings (SSSR count). The van der Waals surface area contributed by atoms with Gasteiger partial charge in [-0.15, -0.1) is 0 Å². The third-order valence-corrected chi connectivity index (χ3v) is 3.30. The summed E-state index contributed by atoms with van der Waals surface area (Å²) in [5.74, 6) is 1.05. The summed E-state index contributed by atoms with van der Waals surface area (Å²) in [5, 5.41) is 3.97. The fourth-order valence-electron chi connectivity index (χ4n) is 1.63. The van der Waals surface area contributed by atoms with Crippen molar-refractivity contribution in [2.45, 2.75) is 25.8 Å². The van der Waals surface area contributed by atoms with Crippen LogP contribution in [0.3, 0.4) is 0 Å². The van der Waals surface area contributed by atoms with Crippen molar-refractivity contribution in [3.63, 3.8) is 0 Å². The van der Waals surface area contributed by atoms with Gasteiger partial charge in [-0.1, -0.05) is 12.1 Å². The Bertz CT molecular complexity index is 543. The van der Waals surface area contributed by atoms with Gasteiger partial charge in [-0.05, 0) is 37.6 Å². The molecule has 0 aliphatic rings. The van der Waals surface area contributed by atoms with Crippen molar-refractivity contribution < 1.29 is 4.52 Å². The Balaban J connectivity index is 2.28. The molecule has 5 heteroatoms. The molecular weight excluding hydrogens is 240 g/mol. The summed E-state index contributed by atoms with van der Waals surface area (Å²) in [6, 6.07) is 7.96. The maximum atomic E-state index is 6.10. The third-order valence-electron chi connectivity index (χ3n) is 3.30. The van der Waals surface area contributed by atoms with Crippen molar-refractivity contribution in [3.8, 4) is 11.5 Å². The number of anilines is 1. The van der Waals surface area contributed by atoms with E-state index in [0.29, 0.717) is 11.7 Å². The van der Waals surface area contributed by atoms with E-state index in [-0.39, 0.29) is 0 Å². The van der Waals surface area contributed by atoms with E-state index in [1.165, 1.54) is 0 Å². The molecule has 5 nitrogen and oxygen atoms in total. The first-order chi connectivity index (χ1) is 8.94. The molecule has 0 spiro atoms. The summed E-state index contributed by atoms with van der Waals surface area (Å²) in [6.45, 7) is 3.90. The zero-order chi connectivity index (χ0) is 14.0. The summed E-state index contributed by atoms with van der Waals surface area (Å²) in [5.41, 5.74) is 7.58. The molecule has 0 fully saturated rings. The van der Waals surface area contributed by atoms with Crippen LogP contribution in [0.4, 0.5) is 5.69 Å². The highest BCUT2D eigenvalue weighted by atomic mass is 16.5. The first-order valence-corrected chi connectivity index (χ1v) is 6.35. The van der Waals surface area contributed by atoms with Gasteiger partial charge in [0.15, 0.2) is 5.82 Å². The average molecular weight is 260 g/mol. The normalized spacial score (nSPS) is 14.2. The first-order valence-electron chi connectivity index (χ1n) is 6.35. The van der Waals surface area contributed by atoms with Crippen LogP contribution < -0.4 is 10.6 Å². The molecule has 1 aromatic heterocycles. The lowest BCUT2D eigenvalue weighted by atomic mass is 10.00. The van der Waals surface area contributed by atoms with Gasteiger partial charge in [-0.2, -0.15) is 4.98 Å². The lowest BCUT2D eigenvalue weighted by molar-refractivity contribution is 0.379. The lowest BCUT2D eigenvalue weighted by Crippen LogP contribution is -2.33. The number of hydrogen-bond acceptors (Lipinski definition) is 5. The maximum absolute atomic E-state index is 6.10. The third kappa shape index (κ3) is 2.76. The highest BCUT2D eigenvalue weighted by molar-refractivity contribution is 5.58. The summed E-state index contributed by atoms with van der Waals surface area (Å²) in [4.78, 5) is 6.42. The number of hydrogen-bond donors (Lipinski definition) is 1. The van der Waals surface area contributed by atoms with E-state index in [1.54, 1.807) is 0 Å². The van der Waals surface area contributed by atoms with Crippen molar-refractivity contribution in [2.75, 3.05) is 19.0 Å². The zero-order valence-electron chi connectivity index (χ0n) is 11.8. The quantitative estimate of drug-likeness (QED) is 0.914. The monoisotopic (exact) mass is 260 g/mol. The van der Waals surface area contributed by atoms with E-state index in [1.807, 2.05) is 57.1 Å². The van der Waals surface area contributed by atoms with Gasteiger partial charge >= 0.3 is 0 Å². The predicted octanol–water partition coefficient (Wildman–Crippen LogP) is 2.39. The molecular formula is C14H20N4O. The van der Waals surface area contributed by atoms with Crippen molar-refractivity contribution in [1.29, 1.82) is 0 Å². The van der Waals surface area contributed by atoms with Gasteiger partial charge in [0.25, 0.3) is 5.89 Å². The van der Waals surface area contributed by atoms with Crippen LogP contribution in [0.15, 0.2) is 28.8 Å². The highest BCUT2D eigenvalue weighted by Crippen LogP contribution is 2.24. The van der Waals surface area contributed by atoms with Crippen LogP contribution >= 0.6 is 0 Å². The van der Waals surface area contributed by atoms with Crippen LogP contribution in [0, 0.1) is 0 Å². The van der Waals surface area contributed by atoms with Crippen molar-refractivity contribution >= 4 is 5.69 Å². The fourth-order valence-corrected chi connectivity index (χ4v) is 1.63. The molecule has 0 radical (unpaired) electrons. The molecule has 1 heterocycles. The minimum atomic E-state index is -0.550. The zero-order valence-corrected chi connectivity index (χ0v) is 11.8. The number of rotatable bonds is 4. The van der Waals surface area contributed by atoms with Crippen LogP contribution in [0.1, 0.15) is 26.1 Å². The van der Waals surface area contributed by atoms with Crippen LogP contribution in [-0.4, -0.2) is 24.2 Å². The molecule has 1 atom stereocenters. The Labute approximate surface area is 113 Å². The number of benzene rings is 1. The molecule has 0 bridgehead atoms. The Morgan fingerprint density at radius 3 is 2.42 bits per heavy atom. The number of nitrogens with zero attached hydrogens (tertiary/aromatic N) is 3. The molecule has 19 heavy (non-hydrogen) atoms. The van der Waals surface area contributed by atoms with E-state index in [2.05, 4.69) is 10.1 Å². The minimum absolute atomic E-state index is 0.505. The highest BCUT2D eigenvalue weighted by Gasteiger charge is 2.25. The topological polar surface area (TPSA) is 68.2 Å². The Morgan fingerprint density at radius 1 is 1.26 bits per heavy atom. The van der Waals surface area contributed by atoms with E-state index in [0.717, 1.165) is 17.7 Å². The van der Waals surface area contributed by atoms with Gasteiger partial charge in [-0.3, -0.25) is 0 Å². The second-order valence-electron chi connectivity index (χ2n) is 5.14. The molecule has 1 unspecified atom stereocenters. The van der Waals surface area contributed by atoms with Crippen molar-refractivity contribution in [1.82, 2.24) is 10.1 Å². The fraction of sp³-hybridized carbons (Fsp3) is 0.429. The molecule has 102 valence electrons. The van der Waals surface area contributed by atoms with Gasteiger partial charge in [0, 0.05) is 25.3 Å². The summed E-state index contributed by atoms with van der Waals surface area (Å²) >= 11 is 0. The van der Waals surface area contributed by atoms with E-state index in [4.69, 9.17) is 10.3 Å². The van der Waals surface area contributed by atoms with Crippen molar-refractivity contribution in [2.24, 2.45) is 5.73 Å².